The van der Waals surface area contributed by atoms with Gasteiger partial charge in [0.25, 0.3) is 0 Å². The smallest absolute Gasteiger partial charge is 0.329 e. The van der Waals surface area contributed by atoms with E-state index in [2.05, 4.69) is 33.2 Å². The third kappa shape index (κ3) is 4.70. The lowest BCUT2D eigenvalue weighted by Gasteiger charge is -2.24. The van der Waals surface area contributed by atoms with Crippen molar-refractivity contribution in [1.29, 1.82) is 0 Å². The van der Waals surface area contributed by atoms with Crippen LogP contribution in [-0.2, 0) is 11.3 Å². The van der Waals surface area contributed by atoms with E-state index in [-0.39, 0.29) is 0 Å². The largest absolute Gasteiger partial charge is 0.480 e. The van der Waals surface area contributed by atoms with Crippen LogP contribution in [0.1, 0.15) is 25.8 Å². The Balaban J connectivity index is 2.52. The summed E-state index contributed by atoms with van der Waals surface area (Å²) in [4.78, 5) is 22.7. The Bertz CT molecular complexity index is 461. The van der Waals surface area contributed by atoms with Crippen LogP contribution in [-0.4, -0.2) is 22.6 Å². The van der Waals surface area contributed by atoms with Crippen molar-refractivity contribution in [3.63, 3.8) is 0 Å². The predicted molar refractivity (Wildman–Crippen MR) is 80.9 cm³/mol. The molecule has 0 fully saturated rings. The van der Waals surface area contributed by atoms with Gasteiger partial charge >= 0.3 is 12.0 Å². The molecule has 0 heterocycles. The highest BCUT2D eigenvalue weighted by molar-refractivity contribution is 14.1. The van der Waals surface area contributed by atoms with Crippen molar-refractivity contribution in [2.45, 2.75) is 32.4 Å². The molecule has 0 radical (unpaired) electrons. The molecule has 5 nitrogen and oxygen atoms in total. The fourth-order valence-corrected chi connectivity index (χ4v) is 1.73. The molecule has 0 saturated carbocycles. The zero-order valence-electron chi connectivity index (χ0n) is 10.9. The van der Waals surface area contributed by atoms with Crippen LogP contribution >= 0.6 is 22.6 Å². The zero-order chi connectivity index (χ0) is 14.5. The second kappa shape index (κ2) is 6.74. The molecule has 1 aromatic rings. The number of urea groups is 1. The number of carboxylic acids is 1. The number of carboxylic acid groups (broad SMARTS) is 1. The van der Waals surface area contributed by atoms with Crippen LogP contribution in [0.4, 0.5) is 4.79 Å². The van der Waals surface area contributed by atoms with Gasteiger partial charge in [0, 0.05) is 10.1 Å². The van der Waals surface area contributed by atoms with Crippen LogP contribution in [0, 0.1) is 3.57 Å². The van der Waals surface area contributed by atoms with Crippen LogP contribution in [0.5, 0.6) is 0 Å². The first-order valence-electron chi connectivity index (χ1n) is 5.91. The molecule has 0 aliphatic carbocycles. The molecule has 0 spiro atoms. The number of benzene rings is 1. The van der Waals surface area contributed by atoms with Crippen molar-refractivity contribution in [2.75, 3.05) is 0 Å². The van der Waals surface area contributed by atoms with Gasteiger partial charge in [0.1, 0.15) is 5.54 Å². The van der Waals surface area contributed by atoms with Gasteiger partial charge in [-0.15, -0.1) is 0 Å². The maximum absolute atomic E-state index is 11.7. The summed E-state index contributed by atoms with van der Waals surface area (Å²) in [6, 6.07) is 7.24. The number of aliphatic carboxylic acids is 1. The van der Waals surface area contributed by atoms with Gasteiger partial charge in [0.05, 0.1) is 0 Å². The van der Waals surface area contributed by atoms with Gasteiger partial charge in [0.2, 0.25) is 0 Å². The molecular weight excluding hydrogens is 359 g/mol. The standard InChI is InChI=1S/C13H17IN2O3/c1-3-13(2,11(17)18)16-12(19)15-8-9-4-6-10(14)7-5-9/h4-7H,3,8H2,1-2H3,(H,17,18)(H2,15,16,19). The number of halogens is 1. The first-order chi connectivity index (χ1) is 8.87. The Morgan fingerprint density at radius 3 is 2.37 bits per heavy atom. The summed E-state index contributed by atoms with van der Waals surface area (Å²) in [6.07, 6.45) is 0.319. The van der Waals surface area contributed by atoms with Gasteiger partial charge in [-0.25, -0.2) is 9.59 Å². The van der Waals surface area contributed by atoms with E-state index < -0.39 is 17.5 Å². The maximum Gasteiger partial charge on any atom is 0.329 e. The number of carbonyl (C=O) groups excluding carboxylic acids is 1. The van der Waals surface area contributed by atoms with Crippen LogP contribution in [0.15, 0.2) is 24.3 Å². The molecule has 19 heavy (non-hydrogen) atoms. The van der Waals surface area contributed by atoms with Crippen molar-refractivity contribution >= 4 is 34.6 Å². The highest BCUT2D eigenvalue weighted by Crippen LogP contribution is 2.09. The number of carbonyl (C=O) groups is 2. The summed E-state index contributed by atoms with van der Waals surface area (Å²) < 4.78 is 1.12. The molecule has 1 rings (SSSR count). The van der Waals surface area contributed by atoms with Gasteiger partial charge in [0.15, 0.2) is 0 Å². The number of nitrogens with one attached hydrogen (secondary N) is 2. The number of hydrogen-bond donors (Lipinski definition) is 3. The Kier molecular flexibility index (Phi) is 5.59. The van der Waals surface area contributed by atoms with Crippen LogP contribution in [0.3, 0.4) is 0 Å². The van der Waals surface area contributed by atoms with E-state index in [1.807, 2.05) is 24.3 Å². The molecule has 104 valence electrons. The van der Waals surface area contributed by atoms with Gasteiger partial charge < -0.3 is 15.7 Å². The van der Waals surface area contributed by atoms with E-state index in [0.29, 0.717) is 13.0 Å². The van der Waals surface area contributed by atoms with Crippen molar-refractivity contribution in [3.05, 3.63) is 33.4 Å². The molecule has 1 unspecified atom stereocenters. The second-order valence-electron chi connectivity index (χ2n) is 4.42. The highest BCUT2D eigenvalue weighted by Gasteiger charge is 2.32. The molecule has 0 bridgehead atoms. The molecule has 0 aliphatic rings. The predicted octanol–water partition coefficient (Wildman–Crippen LogP) is 2.34. The van der Waals surface area contributed by atoms with Crippen LogP contribution in [0.25, 0.3) is 0 Å². The van der Waals surface area contributed by atoms with Gasteiger partial charge in [-0.1, -0.05) is 19.1 Å². The lowest BCUT2D eigenvalue weighted by Crippen LogP contribution is -2.54. The van der Waals surface area contributed by atoms with Gasteiger partial charge in [-0.05, 0) is 53.6 Å². The molecule has 0 saturated heterocycles. The average Bonchev–Trinajstić information content (AvgIpc) is 2.37. The fourth-order valence-electron chi connectivity index (χ4n) is 1.37. The van der Waals surface area contributed by atoms with Gasteiger partial charge in [-0.2, -0.15) is 0 Å². The molecule has 2 amide bonds. The van der Waals surface area contributed by atoms with E-state index in [4.69, 9.17) is 5.11 Å². The molecular formula is C13H17IN2O3. The average molecular weight is 376 g/mol. The Labute approximate surface area is 125 Å². The lowest BCUT2D eigenvalue weighted by atomic mass is 10.00. The minimum atomic E-state index is -1.24. The number of rotatable bonds is 5. The third-order valence-corrected chi connectivity index (χ3v) is 3.65. The fraction of sp³-hybridized carbons (Fsp3) is 0.385. The zero-order valence-corrected chi connectivity index (χ0v) is 13.0. The third-order valence-electron chi connectivity index (χ3n) is 2.93. The molecule has 1 atom stereocenters. The summed E-state index contributed by atoms with van der Waals surface area (Å²) in [6.45, 7) is 3.56. The van der Waals surface area contributed by atoms with E-state index >= 15 is 0 Å². The van der Waals surface area contributed by atoms with Gasteiger partial charge in [-0.3, -0.25) is 0 Å². The van der Waals surface area contributed by atoms with E-state index in [1.54, 1.807) is 6.92 Å². The van der Waals surface area contributed by atoms with E-state index in [9.17, 15) is 9.59 Å². The summed E-state index contributed by atoms with van der Waals surface area (Å²) in [7, 11) is 0. The topological polar surface area (TPSA) is 78.4 Å². The highest BCUT2D eigenvalue weighted by atomic mass is 127. The summed E-state index contributed by atoms with van der Waals surface area (Å²) in [5.41, 5.74) is -0.278. The minimum absolute atomic E-state index is 0.319. The molecule has 0 aliphatic heterocycles. The number of amides is 2. The molecule has 1 aromatic carbocycles. The molecule has 6 heteroatoms. The van der Waals surface area contributed by atoms with E-state index in [0.717, 1.165) is 9.13 Å². The first kappa shape index (κ1) is 15.7. The normalized spacial score (nSPS) is 13.4. The van der Waals surface area contributed by atoms with Crippen LogP contribution in [0.2, 0.25) is 0 Å². The Hall–Kier alpha value is -1.31. The second-order valence-corrected chi connectivity index (χ2v) is 5.67. The summed E-state index contributed by atoms with van der Waals surface area (Å²) in [5.74, 6) is -1.04. The SMILES string of the molecule is CCC(C)(NC(=O)NCc1ccc(I)cc1)C(=O)O. The quantitative estimate of drug-likeness (QED) is 0.691. The Morgan fingerprint density at radius 2 is 1.89 bits per heavy atom. The van der Waals surface area contributed by atoms with Crippen molar-refractivity contribution in [2.24, 2.45) is 0 Å². The van der Waals surface area contributed by atoms with Crippen molar-refractivity contribution < 1.29 is 14.7 Å². The molecule has 3 N–H and O–H groups in total. The Morgan fingerprint density at radius 1 is 1.32 bits per heavy atom. The number of hydrogen-bond acceptors (Lipinski definition) is 2. The summed E-state index contributed by atoms with van der Waals surface area (Å²) in [5, 5.41) is 14.2. The molecule has 0 aromatic heterocycles. The van der Waals surface area contributed by atoms with E-state index in [1.165, 1.54) is 6.92 Å². The van der Waals surface area contributed by atoms with Crippen LogP contribution < -0.4 is 10.6 Å². The lowest BCUT2D eigenvalue weighted by molar-refractivity contribution is -0.143. The first-order valence-corrected chi connectivity index (χ1v) is 6.99. The monoisotopic (exact) mass is 376 g/mol. The summed E-state index contributed by atoms with van der Waals surface area (Å²) >= 11 is 2.20. The van der Waals surface area contributed by atoms with Crippen molar-refractivity contribution in [3.8, 4) is 0 Å². The maximum atomic E-state index is 11.7. The minimum Gasteiger partial charge on any atom is -0.480 e. The van der Waals surface area contributed by atoms with Crippen molar-refractivity contribution in [1.82, 2.24) is 10.6 Å².